The van der Waals surface area contributed by atoms with E-state index >= 15 is 0 Å². The van der Waals surface area contributed by atoms with E-state index in [9.17, 15) is 0 Å². The molecule has 34 heavy (non-hydrogen) atoms. The van der Waals surface area contributed by atoms with Gasteiger partial charge in [0.15, 0.2) is 8.07 Å². The molecule has 1 heteroatoms. The maximum Gasteiger partial charge on any atom is 0.180 e. The minimum Gasteiger partial charge on any atom is -0.0623 e. The molecule has 0 unspecified atom stereocenters. The molecule has 6 aromatic carbocycles. The molecular weight excluding hydrogens is 424 g/mol. The molecule has 0 bridgehead atoms. The number of aryl methyl sites for hydroxylation is 1. The highest BCUT2D eigenvalue weighted by Gasteiger charge is 2.48. The molecule has 0 aromatic heterocycles. The summed E-state index contributed by atoms with van der Waals surface area (Å²) >= 11 is 0. The van der Waals surface area contributed by atoms with Crippen LogP contribution in [0.4, 0.5) is 0 Å². The molecule has 7 rings (SSSR count). The van der Waals surface area contributed by atoms with Crippen molar-refractivity contribution in [2.45, 2.75) is 6.92 Å². The van der Waals surface area contributed by atoms with E-state index in [1.807, 2.05) is 0 Å². The van der Waals surface area contributed by atoms with Gasteiger partial charge in [-0.15, -0.1) is 0 Å². The second-order valence-electron chi connectivity index (χ2n) is 9.47. The number of hydrogen-bond donors (Lipinski definition) is 0. The molecule has 0 N–H and O–H groups in total. The van der Waals surface area contributed by atoms with E-state index in [-0.39, 0.29) is 0 Å². The third kappa shape index (κ3) is 2.65. The lowest BCUT2D eigenvalue weighted by molar-refractivity contribution is 1.49. The zero-order valence-electron chi connectivity index (χ0n) is 19.1. The van der Waals surface area contributed by atoms with Crippen LogP contribution in [0.5, 0.6) is 0 Å². The molecule has 0 aliphatic carbocycles. The SMILES string of the molecule is Cc1ccc([Si]2(c3ccccc3)c3cc4ccccc4cc3-c3cc4ccccc4cc32)cc1. The quantitative estimate of drug-likeness (QED) is 0.299. The van der Waals surface area contributed by atoms with Crippen LogP contribution in [0.2, 0.25) is 0 Å². The molecular formula is C33H24Si. The van der Waals surface area contributed by atoms with Crippen LogP contribution in [0, 0.1) is 6.92 Å². The van der Waals surface area contributed by atoms with Crippen molar-refractivity contribution in [2.24, 2.45) is 0 Å². The second kappa shape index (κ2) is 7.28. The molecule has 1 aliphatic rings. The summed E-state index contributed by atoms with van der Waals surface area (Å²) in [5.41, 5.74) is 4.10. The van der Waals surface area contributed by atoms with Gasteiger partial charge in [0.1, 0.15) is 0 Å². The van der Waals surface area contributed by atoms with Gasteiger partial charge in [0.25, 0.3) is 0 Å². The van der Waals surface area contributed by atoms with E-state index in [0.717, 1.165) is 0 Å². The van der Waals surface area contributed by atoms with E-state index in [4.69, 9.17) is 0 Å². The van der Waals surface area contributed by atoms with Crippen LogP contribution >= 0.6 is 0 Å². The molecule has 0 nitrogen and oxygen atoms in total. The highest BCUT2D eigenvalue weighted by Crippen LogP contribution is 2.34. The van der Waals surface area contributed by atoms with Gasteiger partial charge < -0.3 is 0 Å². The molecule has 0 amide bonds. The Bertz CT molecular complexity index is 1610. The van der Waals surface area contributed by atoms with E-state index in [0.29, 0.717) is 0 Å². The lowest BCUT2D eigenvalue weighted by Crippen LogP contribution is -2.72. The first-order valence-corrected chi connectivity index (χ1v) is 13.9. The molecule has 0 saturated heterocycles. The number of hydrogen-bond acceptors (Lipinski definition) is 0. The van der Waals surface area contributed by atoms with Crippen LogP contribution in [0.15, 0.2) is 127 Å². The van der Waals surface area contributed by atoms with Crippen LogP contribution < -0.4 is 20.7 Å². The van der Waals surface area contributed by atoms with Crippen molar-refractivity contribution in [3.05, 3.63) is 133 Å². The van der Waals surface area contributed by atoms with Crippen LogP contribution in [0.1, 0.15) is 5.56 Å². The number of benzene rings is 6. The number of rotatable bonds is 2. The van der Waals surface area contributed by atoms with Gasteiger partial charge in [0.05, 0.1) is 0 Å². The van der Waals surface area contributed by atoms with Crippen LogP contribution in [0.3, 0.4) is 0 Å². The fourth-order valence-electron chi connectivity index (χ4n) is 5.97. The van der Waals surface area contributed by atoms with Crippen molar-refractivity contribution in [2.75, 3.05) is 0 Å². The van der Waals surface area contributed by atoms with Crippen molar-refractivity contribution >= 4 is 50.4 Å². The van der Waals surface area contributed by atoms with Gasteiger partial charge in [-0.05, 0) is 72.5 Å². The molecule has 0 atom stereocenters. The topological polar surface area (TPSA) is 0 Å². The van der Waals surface area contributed by atoms with Crippen molar-refractivity contribution in [1.82, 2.24) is 0 Å². The molecule has 1 aliphatic heterocycles. The molecule has 0 radical (unpaired) electrons. The van der Waals surface area contributed by atoms with Gasteiger partial charge >= 0.3 is 0 Å². The largest absolute Gasteiger partial charge is 0.180 e. The minimum atomic E-state index is -2.48. The summed E-state index contributed by atoms with van der Waals surface area (Å²) in [5, 5.41) is 11.2. The van der Waals surface area contributed by atoms with Gasteiger partial charge in [-0.2, -0.15) is 0 Å². The molecule has 1 heterocycles. The van der Waals surface area contributed by atoms with E-state index in [1.54, 1.807) is 0 Å². The van der Waals surface area contributed by atoms with Crippen LogP contribution in [-0.4, -0.2) is 8.07 Å². The normalized spacial score (nSPS) is 13.7. The van der Waals surface area contributed by atoms with Gasteiger partial charge in [0, 0.05) is 0 Å². The maximum absolute atomic E-state index is 2.49. The lowest BCUT2D eigenvalue weighted by atomic mass is 9.99. The Labute approximate surface area is 201 Å². The lowest BCUT2D eigenvalue weighted by Gasteiger charge is -2.31. The molecule has 0 saturated carbocycles. The third-order valence-corrected chi connectivity index (χ3v) is 12.4. The van der Waals surface area contributed by atoms with Crippen molar-refractivity contribution in [3.63, 3.8) is 0 Å². The van der Waals surface area contributed by atoms with Crippen LogP contribution in [-0.2, 0) is 0 Å². The summed E-state index contributed by atoms with van der Waals surface area (Å²) in [6, 6.07) is 48.1. The third-order valence-electron chi connectivity index (χ3n) is 7.56. The summed E-state index contributed by atoms with van der Waals surface area (Å²) < 4.78 is 0. The first-order chi connectivity index (χ1) is 16.7. The van der Waals surface area contributed by atoms with Crippen LogP contribution in [0.25, 0.3) is 32.7 Å². The predicted octanol–water partition coefficient (Wildman–Crippen LogP) is 5.66. The first-order valence-electron chi connectivity index (χ1n) is 11.9. The van der Waals surface area contributed by atoms with E-state index in [2.05, 4.69) is 134 Å². The van der Waals surface area contributed by atoms with Crippen molar-refractivity contribution in [3.8, 4) is 11.1 Å². The van der Waals surface area contributed by atoms with Gasteiger partial charge in [-0.25, -0.2) is 0 Å². The van der Waals surface area contributed by atoms with E-state index < -0.39 is 8.07 Å². The van der Waals surface area contributed by atoms with Gasteiger partial charge in [-0.1, -0.05) is 121 Å². The Hall–Kier alpha value is -3.94. The zero-order chi connectivity index (χ0) is 22.7. The average Bonchev–Trinajstić information content (AvgIpc) is 3.16. The Balaban J connectivity index is 1.71. The van der Waals surface area contributed by atoms with Gasteiger partial charge in [-0.3, -0.25) is 0 Å². The Kier molecular flexibility index (Phi) is 4.18. The first kappa shape index (κ1) is 19.5. The monoisotopic (exact) mass is 448 g/mol. The molecule has 0 fully saturated rings. The number of fused-ring (bicyclic) bond motifs is 5. The molecule has 6 aromatic rings. The van der Waals surface area contributed by atoms with Crippen molar-refractivity contribution in [1.29, 1.82) is 0 Å². The Morgan fingerprint density at radius 3 is 1.32 bits per heavy atom. The average molecular weight is 449 g/mol. The molecule has 160 valence electrons. The Morgan fingerprint density at radius 2 is 0.824 bits per heavy atom. The maximum atomic E-state index is 2.49. The summed E-state index contributed by atoms with van der Waals surface area (Å²) in [7, 11) is -2.48. The predicted molar refractivity (Wildman–Crippen MR) is 149 cm³/mol. The Morgan fingerprint density at radius 1 is 0.412 bits per heavy atom. The summed E-state index contributed by atoms with van der Waals surface area (Å²) in [6.45, 7) is 2.18. The highest BCUT2D eigenvalue weighted by molar-refractivity contribution is 7.22. The van der Waals surface area contributed by atoms with E-state index in [1.165, 1.54) is 59.0 Å². The molecule has 0 spiro atoms. The van der Waals surface area contributed by atoms with Gasteiger partial charge in [0.2, 0.25) is 0 Å². The summed E-state index contributed by atoms with van der Waals surface area (Å²) in [4.78, 5) is 0. The second-order valence-corrected chi connectivity index (χ2v) is 13.2. The fourth-order valence-corrected chi connectivity index (χ4v) is 11.2. The zero-order valence-corrected chi connectivity index (χ0v) is 20.1. The minimum absolute atomic E-state index is 1.30. The smallest absolute Gasteiger partial charge is 0.0623 e. The standard InChI is InChI=1S/C33H24Si/c1-23-15-17-29(18-16-23)34(28-13-3-2-4-14-28)32-21-26-11-7-5-9-24(26)19-30(32)31-20-25-10-6-8-12-27(25)22-33(31)34/h2-22H,1H3. The summed E-state index contributed by atoms with van der Waals surface area (Å²) in [6.07, 6.45) is 0. The fraction of sp³-hybridized carbons (Fsp3) is 0.0303. The summed E-state index contributed by atoms with van der Waals surface area (Å²) in [5.74, 6) is 0. The van der Waals surface area contributed by atoms with Crippen molar-refractivity contribution < 1.29 is 0 Å². The highest BCUT2D eigenvalue weighted by atomic mass is 28.3.